The smallest absolute Gasteiger partial charge is 0.226 e. The zero-order valence-electron chi connectivity index (χ0n) is 20.6. The Labute approximate surface area is 207 Å². The van der Waals surface area contributed by atoms with Gasteiger partial charge in [0.05, 0.1) is 18.4 Å². The second kappa shape index (κ2) is 9.14. The summed E-state index contributed by atoms with van der Waals surface area (Å²) in [6, 6.07) is 7.16. The van der Waals surface area contributed by atoms with Gasteiger partial charge in [0.25, 0.3) is 0 Å². The Morgan fingerprint density at radius 1 is 1.19 bits per heavy atom. The van der Waals surface area contributed by atoms with Crippen LogP contribution in [0.5, 0.6) is 0 Å². The molecule has 3 N–H and O–H groups in total. The van der Waals surface area contributed by atoms with Gasteiger partial charge in [0, 0.05) is 41.1 Å². The van der Waals surface area contributed by atoms with Crippen molar-refractivity contribution in [3.05, 3.63) is 71.4 Å². The monoisotopic (exact) mass is 489 g/mol. The van der Waals surface area contributed by atoms with Crippen molar-refractivity contribution in [2.75, 3.05) is 5.32 Å². The van der Waals surface area contributed by atoms with Crippen molar-refractivity contribution in [1.82, 2.24) is 40.2 Å². The van der Waals surface area contributed by atoms with Gasteiger partial charge in [-0.25, -0.2) is 24.0 Å². The number of aromatic amines is 1. The number of carbonyl (C=O) groups is 1. The van der Waals surface area contributed by atoms with E-state index in [1.165, 1.54) is 10.9 Å². The molecule has 4 heterocycles. The van der Waals surface area contributed by atoms with Gasteiger partial charge in [-0.2, -0.15) is 10.2 Å². The topological polar surface area (TPSA) is 126 Å². The highest BCUT2D eigenvalue weighted by Crippen LogP contribution is 2.50. The van der Waals surface area contributed by atoms with Crippen LogP contribution in [0.3, 0.4) is 0 Å². The zero-order chi connectivity index (χ0) is 25.4. The molecule has 1 saturated carbocycles. The lowest BCUT2D eigenvalue weighted by molar-refractivity contribution is -0.136. The Balaban J connectivity index is 1.20. The van der Waals surface area contributed by atoms with Gasteiger partial charge < -0.3 is 10.6 Å². The average molecular weight is 490 g/mol. The van der Waals surface area contributed by atoms with Crippen LogP contribution in [-0.4, -0.2) is 40.8 Å². The number of amides is 1. The summed E-state index contributed by atoms with van der Waals surface area (Å²) in [6.45, 7) is 7.76. The highest BCUT2D eigenvalue weighted by atomic mass is 19.1. The molecular weight excluding hydrogens is 461 g/mol. The molecule has 0 spiro atoms. The number of hydrogen-bond acceptors (Lipinski definition) is 7. The Kier molecular flexibility index (Phi) is 5.99. The van der Waals surface area contributed by atoms with Gasteiger partial charge in [0.15, 0.2) is 17.5 Å². The van der Waals surface area contributed by atoms with E-state index in [-0.39, 0.29) is 17.9 Å². The summed E-state index contributed by atoms with van der Waals surface area (Å²) in [6.07, 6.45) is 5.39. The third-order valence-corrected chi connectivity index (χ3v) is 6.54. The van der Waals surface area contributed by atoms with Crippen molar-refractivity contribution in [1.29, 1.82) is 0 Å². The van der Waals surface area contributed by atoms with Crippen LogP contribution in [0.4, 0.5) is 16.0 Å². The molecule has 4 aromatic heterocycles. The molecule has 5 rings (SSSR count). The molecular formula is C25H28FN9O. The molecule has 10 nitrogen and oxygen atoms in total. The SMILES string of the molecule is Cc1cc(Nc2cc(C)[nH]n2)nc([C@H]2C[C@](C)(C(=O)N[C@@H](C)c3ccc(-n4cc(F)cn4)nc3)C2)n1. The maximum Gasteiger partial charge on any atom is 0.226 e. The number of rotatable bonds is 7. The normalized spacial score (nSPS) is 20.0. The number of nitrogens with zero attached hydrogens (tertiary/aromatic N) is 6. The van der Waals surface area contributed by atoms with E-state index in [9.17, 15) is 9.18 Å². The molecule has 1 atom stereocenters. The van der Waals surface area contributed by atoms with Crippen molar-refractivity contribution < 1.29 is 9.18 Å². The molecule has 1 fully saturated rings. The minimum Gasteiger partial charge on any atom is -0.349 e. The summed E-state index contributed by atoms with van der Waals surface area (Å²) in [5, 5.41) is 17.3. The Hall–Kier alpha value is -4.15. The Morgan fingerprint density at radius 2 is 2.00 bits per heavy atom. The van der Waals surface area contributed by atoms with Crippen molar-refractivity contribution in [2.24, 2.45) is 5.41 Å². The zero-order valence-corrected chi connectivity index (χ0v) is 20.6. The summed E-state index contributed by atoms with van der Waals surface area (Å²) in [7, 11) is 0. The fraction of sp³-hybridized carbons (Fsp3) is 0.360. The first kappa shape index (κ1) is 23.6. The standard InChI is InChI=1S/C25H28FN9O/c1-14-7-20(31-21-8-15(2)33-34-21)32-23(29-14)18-9-25(4,10-18)24(36)30-16(3)17-5-6-22(27-11-17)35-13-19(26)12-28-35/h5-8,11-13,16,18H,9-10H2,1-4H3,(H,30,36)(H2,29,31,32,33,34)/t16-,18-,25-/m0/s1. The summed E-state index contributed by atoms with van der Waals surface area (Å²) in [4.78, 5) is 26.8. The summed E-state index contributed by atoms with van der Waals surface area (Å²) < 4.78 is 14.6. The van der Waals surface area contributed by atoms with E-state index in [1.807, 2.05) is 45.9 Å². The fourth-order valence-corrected chi connectivity index (χ4v) is 4.52. The molecule has 0 radical (unpaired) electrons. The first-order chi connectivity index (χ1) is 17.2. The minimum absolute atomic E-state index is 0.0116. The first-order valence-electron chi connectivity index (χ1n) is 11.8. The fourth-order valence-electron chi connectivity index (χ4n) is 4.52. The number of aromatic nitrogens is 7. The van der Waals surface area contributed by atoms with Crippen LogP contribution in [-0.2, 0) is 4.79 Å². The van der Waals surface area contributed by atoms with Crippen LogP contribution in [0.15, 0.2) is 42.9 Å². The minimum atomic E-state index is -0.501. The largest absolute Gasteiger partial charge is 0.349 e. The average Bonchev–Trinajstić information content (AvgIpc) is 3.44. The van der Waals surface area contributed by atoms with Crippen molar-refractivity contribution in [2.45, 2.75) is 52.5 Å². The second-order valence-corrected chi connectivity index (χ2v) is 9.73. The van der Waals surface area contributed by atoms with E-state index in [2.05, 4.69) is 40.9 Å². The van der Waals surface area contributed by atoms with E-state index < -0.39 is 11.2 Å². The van der Waals surface area contributed by atoms with Crippen LogP contribution >= 0.6 is 0 Å². The van der Waals surface area contributed by atoms with Crippen LogP contribution in [0.25, 0.3) is 5.82 Å². The van der Waals surface area contributed by atoms with Gasteiger partial charge in [-0.15, -0.1) is 0 Å². The third-order valence-electron chi connectivity index (χ3n) is 6.54. The number of pyridine rings is 1. The van der Waals surface area contributed by atoms with Gasteiger partial charge in [-0.05, 0) is 45.2 Å². The Morgan fingerprint density at radius 3 is 2.64 bits per heavy atom. The van der Waals surface area contributed by atoms with Gasteiger partial charge in [-0.1, -0.05) is 13.0 Å². The molecule has 0 aromatic carbocycles. The van der Waals surface area contributed by atoms with Gasteiger partial charge in [0.1, 0.15) is 11.6 Å². The number of H-pyrrole nitrogens is 1. The van der Waals surface area contributed by atoms with Crippen LogP contribution in [0.2, 0.25) is 0 Å². The highest BCUT2D eigenvalue weighted by molar-refractivity contribution is 5.84. The molecule has 11 heteroatoms. The molecule has 4 aromatic rings. The lowest BCUT2D eigenvalue weighted by atomic mass is 9.62. The third kappa shape index (κ3) is 4.81. The Bertz CT molecular complexity index is 1390. The maximum absolute atomic E-state index is 13.2. The van der Waals surface area contributed by atoms with Crippen molar-refractivity contribution in [3.8, 4) is 5.82 Å². The lowest BCUT2D eigenvalue weighted by Gasteiger charge is -2.43. The quantitative estimate of drug-likeness (QED) is 0.358. The first-order valence-corrected chi connectivity index (χ1v) is 11.8. The number of carbonyl (C=O) groups excluding carboxylic acids is 1. The van der Waals surface area contributed by atoms with Crippen LogP contribution in [0, 0.1) is 25.1 Å². The molecule has 1 amide bonds. The molecule has 36 heavy (non-hydrogen) atoms. The van der Waals surface area contributed by atoms with E-state index in [4.69, 9.17) is 0 Å². The molecule has 0 saturated heterocycles. The number of anilines is 2. The summed E-state index contributed by atoms with van der Waals surface area (Å²) >= 11 is 0. The number of hydrogen-bond donors (Lipinski definition) is 3. The van der Waals surface area contributed by atoms with Crippen LogP contribution < -0.4 is 10.6 Å². The number of nitrogens with one attached hydrogen (secondary N) is 3. The molecule has 0 aliphatic heterocycles. The number of halogens is 1. The predicted molar refractivity (Wildman–Crippen MR) is 131 cm³/mol. The number of aryl methyl sites for hydroxylation is 2. The van der Waals surface area contributed by atoms with Gasteiger partial charge in [-0.3, -0.25) is 9.89 Å². The summed E-state index contributed by atoms with van der Waals surface area (Å²) in [5.74, 6) is 2.29. The molecule has 1 aliphatic carbocycles. The molecule has 1 aliphatic rings. The highest BCUT2D eigenvalue weighted by Gasteiger charge is 2.48. The molecule has 186 valence electrons. The summed E-state index contributed by atoms with van der Waals surface area (Å²) in [5.41, 5.74) is 2.16. The van der Waals surface area contributed by atoms with Crippen molar-refractivity contribution in [3.63, 3.8) is 0 Å². The van der Waals surface area contributed by atoms with E-state index in [0.29, 0.717) is 30.3 Å². The van der Waals surface area contributed by atoms with E-state index >= 15 is 0 Å². The van der Waals surface area contributed by atoms with E-state index in [0.717, 1.165) is 29.0 Å². The molecule has 0 unspecified atom stereocenters. The van der Waals surface area contributed by atoms with E-state index in [1.54, 1.807) is 12.3 Å². The van der Waals surface area contributed by atoms with Gasteiger partial charge in [0.2, 0.25) is 5.91 Å². The van der Waals surface area contributed by atoms with Crippen molar-refractivity contribution >= 4 is 17.5 Å². The maximum atomic E-state index is 13.2. The van der Waals surface area contributed by atoms with Gasteiger partial charge >= 0.3 is 0 Å². The predicted octanol–water partition coefficient (Wildman–Crippen LogP) is 4.04. The second-order valence-electron chi connectivity index (χ2n) is 9.73. The van der Waals surface area contributed by atoms with Crippen LogP contribution in [0.1, 0.15) is 61.4 Å². The lowest BCUT2D eigenvalue weighted by Crippen LogP contribution is -2.47. The molecule has 0 bridgehead atoms.